The Morgan fingerprint density at radius 2 is 1.48 bits per heavy atom. The van der Waals surface area contributed by atoms with E-state index in [9.17, 15) is 14.4 Å². The van der Waals surface area contributed by atoms with Gasteiger partial charge in [0.25, 0.3) is 0 Å². The zero-order chi connectivity index (χ0) is 15.7. The van der Waals surface area contributed by atoms with Gasteiger partial charge in [-0.3, -0.25) is 14.4 Å². The van der Waals surface area contributed by atoms with Crippen molar-refractivity contribution < 1.29 is 23.9 Å². The molecule has 0 aliphatic rings. The van der Waals surface area contributed by atoms with Crippen molar-refractivity contribution in [3.8, 4) is 0 Å². The standard InChI is InChI=1S/C15H19NO5/c1-20-14(18)7-9-16(10-8-15(19)21-2)13-5-3-12(11-17)4-6-13/h3-6,11H,7-10H2,1-2H3. The van der Waals surface area contributed by atoms with E-state index in [1.165, 1.54) is 14.2 Å². The van der Waals surface area contributed by atoms with Gasteiger partial charge in [0.05, 0.1) is 27.1 Å². The summed E-state index contributed by atoms with van der Waals surface area (Å²) in [5.41, 5.74) is 1.40. The fourth-order valence-corrected chi connectivity index (χ4v) is 1.79. The predicted octanol–water partition coefficient (Wildman–Crippen LogP) is 1.43. The fraction of sp³-hybridized carbons (Fsp3) is 0.400. The van der Waals surface area contributed by atoms with Crippen LogP contribution >= 0.6 is 0 Å². The minimum absolute atomic E-state index is 0.215. The molecule has 0 saturated heterocycles. The number of rotatable bonds is 8. The lowest BCUT2D eigenvalue weighted by atomic mass is 10.2. The Labute approximate surface area is 123 Å². The maximum Gasteiger partial charge on any atom is 0.307 e. The molecular formula is C15H19NO5. The van der Waals surface area contributed by atoms with Gasteiger partial charge >= 0.3 is 11.9 Å². The second-order valence-electron chi connectivity index (χ2n) is 4.35. The number of anilines is 1. The highest BCUT2D eigenvalue weighted by molar-refractivity contribution is 5.76. The zero-order valence-corrected chi connectivity index (χ0v) is 12.2. The molecule has 0 atom stereocenters. The molecule has 6 heteroatoms. The first-order valence-electron chi connectivity index (χ1n) is 6.54. The molecule has 0 aliphatic carbocycles. The number of methoxy groups -OCH3 is 2. The molecule has 0 N–H and O–H groups in total. The number of carbonyl (C=O) groups excluding carboxylic acids is 3. The van der Waals surface area contributed by atoms with Crippen molar-refractivity contribution in [3.05, 3.63) is 29.8 Å². The minimum Gasteiger partial charge on any atom is -0.469 e. The van der Waals surface area contributed by atoms with Gasteiger partial charge in [0.15, 0.2) is 0 Å². The third-order valence-electron chi connectivity index (χ3n) is 3.02. The number of esters is 2. The number of ether oxygens (including phenoxy) is 2. The third-order valence-corrected chi connectivity index (χ3v) is 3.02. The molecule has 0 spiro atoms. The lowest BCUT2D eigenvalue weighted by Gasteiger charge is -2.24. The van der Waals surface area contributed by atoms with Crippen molar-refractivity contribution in [2.75, 3.05) is 32.2 Å². The summed E-state index contributed by atoms with van der Waals surface area (Å²) in [6.07, 6.45) is 1.19. The fourth-order valence-electron chi connectivity index (χ4n) is 1.79. The highest BCUT2D eigenvalue weighted by Crippen LogP contribution is 2.16. The topological polar surface area (TPSA) is 72.9 Å². The molecule has 6 nitrogen and oxygen atoms in total. The molecule has 0 radical (unpaired) electrons. The van der Waals surface area contributed by atoms with E-state index in [1.54, 1.807) is 24.3 Å². The summed E-state index contributed by atoms with van der Waals surface area (Å²) >= 11 is 0. The van der Waals surface area contributed by atoms with E-state index in [-0.39, 0.29) is 24.8 Å². The number of carbonyl (C=O) groups is 3. The van der Waals surface area contributed by atoms with Crippen LogP contribution < -0.4 is 4.90 Å². The Hall–Kier alpha value is -2.37. The Kier molecular flexibility index (Phi) is 6.94. The number of nitrogens with zero attached hydrogens (tertiary/aromatic N) is 1. The molecule has 0 aromatic heterocycles. The predicted molar refractivity (Wildman–Crippen MR) is 77.3 cm³/mol. The van der Waals surface area contributed by atoms with Crippen molar-refractivity contribution in [2.45, 2.75) is 12.8 Å². The van der Waals surface area contributed by atoms with Gasteiger partial charge in [0.1, 0.15) is 6.29 Å². The monoisotopic (exact) mass is 293 g/mol. The summed E-state index contributed by atoms with van der Waals surface area (Å²) in [6, 6.07) is 6.92. The molecule has 0 heterocycles. The van der Waals surface area contributed by atoms with E-state index in [2.05, 4.69) is 9.47 Å². The van der Waals surface area contributed by atoms with Crippen LogP contribution in [-0.4, -0.2) is 45.5 Å². The molecular weight excluding hydrogens is 274 g/mol. The normalized spacial score (nSPS) is 9.81. The van der Waals surface area contributed by atoms with Gasteiger partial charge in [-0.15, -0.1) is 0 Å². The summed E-state index contributed by atoms with van der Waals surface area (Å²) in [5.74, 6) is -0.634. The Morgan fingerprint density at radius 3 is 1.86 bits per heavy atom. The van der Waals surface area contributed by atoms with Crippen LogP contribution in [0.25, 0.3) is 0 Å². The highest BCUT2D eigenvalue weighted by atomic mass is 16.5. The van der Waals surface area contributed by atoms with Gasteiger partial charge in [-0.2, -0.15) is 0 Å². The van der Waals surface area contributed by atoms with E-state index < -0.39 is 0 Å². The molecule has 0 aliphatic heterocycles. The van der Waals surface area contributed by atoms with Crippen molar-refractivity contribution >= 4 is 23.9 Å². The van der Waals surface area contributed by atoms with Crippen LogP contribution in [0.1, 0.15) is 23.2 Å². The van der Waals surface area contributed by atoms with Gasteiger partial charge in [-0.1, -0.05) is 0 Å². The van der Waals surface area contributed by atoms with Crippen LogP contribution in [0.3, 0.4) is 0 Å². The molecule has 0 fully saturated rings. The number of hydrogen-bond donors (Lipinski definition) is 0. The van der Waals surface area contributed by atoms with E-state index in [4.69, 9.17) is 0 Å². The van der Waals surface area contributed by atoms with E-state index >= 15 is 0 Å². The van der Waals surface area contributed by atoms with E-state index in [1.807, 2.05) is 4.90 Å². The highest BCUT2D eigenvalue weighted by Gasteiger charge is 2.12. The van der Waals surface area contributed by atoms with Crippen LogP contribution in [0.15, 0.2) is 24.3 Å². The molecule has 1 rings (SSSR count). The average Bonchev–Trinajstić information content (AvgIpc) is 2.54. The van der Waals surface area contributed by atoms with Crippen molar-refractivity contribution in [1.29, 1.82) is 0 Å². The first kappa shape index (κ1) is 16.7. The van der Waals surface area contributed by atoms with Crippen molar-refractivity contribution in [1.82, 2.24) is 0 Å². The maximum atomic E-state index is 11.3. The smallest absolute Gasteiger partial charge is 0.307 e. The second-order valence-corrected chi connectivity index (χ2v) is 4.35. The SMILES string of the molecule is COC(=O)CCN(CCC(=O)OC)c1ccc(C=O)cc1. The Balaban J connectivity index is 2.75. The Bertz CT molecular complexity index is 463. The van der Waals surface area contributed by atoms with Gasteiger partial charge in [-0.05, 0) is 24.3 Å². The third kappa shape index (κ3) is 5.64. The maximum absolute atomic E-state index is 11.3. The van der Waals surface area contributed by atoms with Crippen LogP contribution in [0, 0.1) is 0 Å². The van der Waals surface area contributed by atoms with Crippen LogP contribution in [0.2, 0.25) is 0 Å². The number of hydrogen-bond acceptors (Lipinski definition) is 6. The molecule has 0 saturated carbocycles. The molecule has 114 valence electrons. The Morgan fingerprint density at radius 1 is 1.00 bits per heavy atom. The van der Waals surface area contributed by atoms with Crippen molar-refractivity contribution in [2.24, 2.45) is 0 Å². The molecule has 1 aromatic carbocycles. The van der Waals surface area contributed by atoms with Crippen LogP contribution in [0.5, 0.6) is 0 Å². The van der Waals surface area contributed by atoms with Gasteiger partial charge in [-0.25, -0.2) is 0 Å². The van der Waals surface area contributed by atoms with E-state index in [0.29, 0.717) is 18.7 Å². The largest absolute Gasteiger partial charge is 0.469 e. The lowest BCUT2D eigenvalue weighted by Crippen LogP contribution is -2.29. The van der Waals surface area contributed by atoms with Gasteiger partial charge in [0.2, 0.25) is 0 Å². The molecule has 0 unspecified atom stereocenters. The summed E-state index contributed by atoms with van der Waals surface area (Å²) in [7, 11) is 2.67. The van der Waals surface area contributed by atoms with E-state index in [0.717, 1.165) is 12.0 Å². The van der Waals surface area contributed by atoms with Gasteiger partial charge < -0.3 is 14.4 Å². The number of aldehydes is 1. The molecule has 21 heavy (non-hydrogen) atoms. The molecule has 1 aromatic rings. The zero-order valence-electron chi connectivity index (χ0n) is 12.2. The average molecular weight is 293 g/mol. The minimum atomic E-state index is -0.317. The summed E-state index contributed by atoms with van der Waals surface area (Å²) in [5, 5.41) is 0. The van der Waals surface area contributed by atoms with Crippen LogP contribution in [0.4, 0.5) is 5.69 Å². The molecule has 0 amide bonds. The van der Waals surface area contributed by atoms with Crippen LogP contribution in [-0.2, 0) is 19.1 Å². The first-order chi connectivity index (χ1) is 10.1. The first-order valence-corrected chi connectivity index (χ1v) is 6.54. The van der Waals surface area contributed by atoms with Gasteiger partial charge in [0, 0.05) is 24.3 Å². The summed E-state index contributed by atoms with van der Waals surface area (Å²) < 4.78 is 9.23. The summed E-state index contributed by atoms with van der Waals surface area (Å²) in [4.78, 5) is 35.0. The second kappa shape index (κ2) is 8.73. The molecule has 0 bridgehead atoms. The lowest BCUT2D eigenvalue weighted by molar-refractivity contribution is -0.140. The van der Waals surface area contributed by atoms with Crippen molar-refractivity contribution in [3.63, 3.8) is 0 Å². The quantitative estimate of drug-likeness (QED) is 0.533. The summed E-state index contributed by atoms with van der Waals surface area (Å²) in [6.45, 7) is 0.841. The number of benzene rings is 1.